The van der Waals surface area contributed by atoms with Crippen molar-refractivity contribution in [1.82, 2.24) is 0 Å². The van der Waals surface area contributed by atoms with Crippen molar-refractivity contribution in [1.29, 1.82) is 0 Å². The number of hydrogen-bond donors (Lipinski definition) is 1. The molecule has 0 saturated carbocycles. The molecule has 0 heterocycles. The second-order valence-electron chi connectivity index (χ2n) is 7.46. The Labute approximate surface area is 205 Å². The SMILES string of the molecule is CCCCCC(O)CCCCCCCCCCC(CCC)S(=O)(=O)[O-].[K+]. The van der Waals surface area contributed by atoms with Crippen molar-refractivity contribution in [2.24, 2.45) is 0 Å². The van der Waals surface area contributed by atoms with E-state index >= 15 is 0 Å². The minimum Gasteiger partial charge on any atom is -0.748 e. The van der Waals surface area contributed by atoms with E-state index in [0.29, 0.717) is 12.8 Å². The van der Waals surface area contributed by atoms with Gasteiger partial charge in [0.15, 0.2) is 0 Å². The van der Waals surface area contributed by atoms with E-state index in [1.54, 1.807) is 0 Å². The Morgan fingerprint density at radius 2 is 1.12 bits per heavy atom. The van der Waals surface area contributed by atoms with E-state index in [-0.39, 0.29) is 57.5 Å². The first kappa shape index (κ1) is 29.7. The van der Waals surface area contributed by atoms with Crippen LogP contribution in [0.5, 0.6) is 0 Å². The van der Waals surface area contributed by atoms with Gasteiger partial charge in [0.2, 0.25) is 0 Å². The molecule has 0 aliphatic carbocycles. The molecule has 0 aliphatic rings. The maximum Gasteiger partial charge on any atom is 1.00 e. The molecule has 0 saturated heterocycles. The summed E-state index contributed by atoms with van der Waals surface area (Å²) in [5, 5.41) is 9.17. The molecule has 152 valence electrons. The Kier molecular flexibility index (Phi) is 22.6. The molecule has 26 heavy (non-hydrogen) atoms. The Morgan fingerprint density at radius 1 is 0.692 bits per heavy atom. The van der Waals surface area contributed by atoms with E-state index in [1.165, 1.54) is 38.5 Å². The van der Waals surface area contributed by atoms with E-state index in [1.807, 2.05) is 6.92 Å². The first-order valence-electron chi connectivity index (χ1n) is 10.5. The summed E-state index contributed by atoms with van der Waals surface area (Å²) in [5.74, 6) is 0. The molecule has 6 heteroatoms. The van der Waals surface area contributed by atoms with Crippen molar-refractivity contribution >= 4 is 10.1 Å². The van der Waals surface area contributed by atoms with Gasteiger partial charge in [0.05, 0.1) is 16.2 Å². The molecule has 0 rings (SSSR count). The standard InChI is InChI=1S/C20H42O4S.K/c1-3-5-12-16-19(21)17-13-10-8-6-7-9-11-14-18-20(15-4-2)25(22,23)24;/h19-21H,3-18H2,1-2H3,(H,22,23,24);/q;+1/p-1. The molecule has 0 aliphatic heterocycles. The summed E-state index contributed by atoms with van der Waals surface area (Å²) >= 11 is 0. The molecule has 0 spiro atoms. The molecule has 0 fully saturated rings. The van der Waals surface area contributed by atoms with Crippen LogP contribution in [0.4, 0.5) is 0 Å². The predicted molar refractivity (Wildman–Crippen MR) is 105 cm³/mol. The zero-order valence-corrected chi connectivity index (χ0v) is 21.5. The van der Waals surface area contributed by atoms with Crippen LogP contribution < -0.4 is 51.4 Å². The zero-order valence-electron chi connectivity index (χ0n) is 17.5. The third-order valence-corrected chi connectivity index (χ3v) is 6.26. The van der Waals surface area contributed by atoms with Gasteiger partial charge in [-0.15, -0.1) is 0 Å². The topological polar surface area (TPSA) is 77.4 Å². The van der Waals surface area contributed by atoms with Crippen molar-refractivity contribution in [2.45, 2.75) is 128 Å². The summed E-state index contributed by atoms with van der Waals surface area (Å²) in [4.78, 5) is 0. The van der Waals surface area contributed by atoms with Crippen LogP contribution in [0.1, 0.15) is 117 Å². The normalized spacial score (nSPS) is 14.0. The second kappa shape index (κ2) is 19.8. The second-order valence-corrected chi connectivity index (χ2v) is 9.11. The van der Waals surface area contributed by atoms with Gasteiger partial charge in [0.1, 0.15) is 0 Å². The van der Waals surface area contributed by atoms with Crippen LogP contribution in [0.25, 0.3) is 0 Å². The van der Waals surface area contributed by atoms with Gasteiger partial charge in [-0.25, -0.2) is 8.42 Å². The van der Waals surface area contributed by atoms with Gasteiger partial charge in [0, 0.05) is 5.25 Å². The fourth-order valence-corrected chi connectivity index (χ4v) is 4.32. The number of aliphatic hydroxyl groups is 1. The smallest absolute Gasteiger partial charge is 0.748 e. The Bertz CT molecular complexity index is 387. The average Bonchev–Trinajstić information content (AvgIpc) is 2.54. The number of unbranched alkanes of at least 4 members (excludes halogenated alkanes) is 9. The summed E-state index contributed by atoms with van der Waals surface area (Å²) in [5.41, 5.74) is 0. The molecular weight excluding hydrogens is 375 g/mol. The van der Waals surface area contributed by atoms with Crippen molar-refractivity contribution in [3.63, 3.8) is 0 Å². The van der Waals surface area contributed by atoms with E-state index in [2.05, 4.69) is 6.92 Å². The van der Waals surface area contributed by atoms with Gasteiger partial charge in [0.25, 0.3) is 0 Å². The molecule has 0 amide bonds. The maximum atomic E-state index is 11.1. The third-order valence-electron chi connectivity index (χ3n) is 4.97. The molecule has 4 nitrogen and oxygen atoms in total. The quantitative estimate of drug-likeness (QED) is 0.212. The number of aliphatic hydroxyl groups excluding tert-OH is 1. The van der Waals surface area contributed by atoms with E-state index in [4.69, 9.17) is 0 Å². The van der Waals surface area contributed by atoms with Gasteiger partial charge in [-0.2, -0.15) is 0 Å². The molecule has 2 atom stereocenters. The van der Waals surface area contributed by atoms with Crippen molar-refractivity contribution in [3.8, 4) is 0 Å². The van der Waals surface area contributed by atoms with Crippen molar-refractivity contribution < 1.29 is 69.5 Å². The van der Waals surface area contributed by atoms with Crippen LogP contribution in [0, 0.1) is 0 Å². The summed E-state index contributed by atoms with van der Waals surface area (Å²) < 4.78 is 33.4. The van der Waals surface area contributed by atoms with E-state index in [0.717, 1.165) is 51.4 Å². The van der Waals surface area contributed by atoms with Gasteiger partial charge in [-0.1, -0.05) is 90.9 Å². The molecule has 2 unspecified atom stereocenters. The fourth-order valence-electron chi connectivity index (χ4n) is 3.34. The summed E-state index contributed by atoms with van der Waals surface area (Å²) in [6.45, 7) is 4.10. The van der Waals surface area contributed by atoms with E-state index < -0.39 is 15.4 Å². The summed E-state index contributed by atoms with van der Waals surface area (Å²) in [6, 6.07) is 0. The third kappa shape index (κ3) is 18.9. The van der Waals surface area contributed by atoms with Crippen molar-refractivity contribution in [3.05, 3.63) is 0 Å². The van der Waals surface area contributed by atoms with Crippen molar-refractivity contribution in [2.75, 3.05) is 0 Å². The van der Waals surface area contributed by atoms with Gasteiger partial charge < -0.3 is 9.66 Å². The van der Waals surface area contributed by atoms with Crippen LogP contribution in [0.3, 0.4) is 0 Å². The number of hydrogen-bond acceptors (Lipinski definition) is 4. The molecule has 0 aromatic rings. The van der Waals surface area contributed by atoms with Gasteiger partial charge in [-0.3, -0.25) is 0 Å². The minimum absolute atomic E-state index is 0. The molecule has 1 N–H and O–H groups in total. The Morgan fingerprint density at radius 3 is 1.54 bits per heavy atom. The van der Waals surface area contributed by atoms with Crippen LogP contribution in [-0.2, 0) is 10.1 Å². The maximum absolute atomic E-state index is 11.1. The zero-order chi connectivity index (χ0) is 19.0. The van der Waals surface area contributed by atoms with E-state index in [9.17, 15) is 18.1 Å². The Hall–Kier alpha value is 1.51. The van der Waals surface area contributed by atoms with Crippen LogP contribution in [-0.4, -0.2) is 29.4 Å². The Balaban J connectivity index is 0. The molecule has 0 radical (unpaired) electrons. The summed E-state index contributed by atoms with van der Waals surface area (Å²) in [6.07, 6.45) is 16.0. The van der Waals surface area contributed by atoms with Crippen LogP contribution in [0.15, 0.2) is 0 Å². The van der Waals surface area contributed by atoms with Gasteiger partial charge >= 0.3 is 51.4 Å². The van der Waals surface area contributed by atoms with Crippen LogP contribution >= 0.6 is 0 Å². The first-order chi connectivity index (χ1) is 11.9. The van der Waals surface area contributed by atoms with Crippen LogP contribution in [0.2, 0.25) is 0 Å². The minimum atomic E-state index is -4.12. The average molecular weight is 417 g/mol. The monoisotopic (exact) mass is 416 g/mol. The first-order valence-corrected chi connectivity index (χ1v) is 12.0. The largest absolute Gasteiger partial charge is 1.00 e. The molecule has 0 bridgehead atoms. The molecule has 0 aromatic heterocycles. The fraction of sp³-hybridized carbons (Fsp3) is 1.00. The van der Waals surface area contributed by atoms with Gasteiger partial charge in [-0.05, 0) is 25.7 Å². The number of rotatable bonds is 18. The summed E-state index contributed by atoms with van der Waals surface area (Å²) in [7, 11) is -4.12. The molecule has 0 aromatic carbocycles. The predicted octanol–water partition coefficient (Wildman–Crippen LogP) is 2.55. The molecular formula is C20H41KO4S.